The number of rotatable bonds is 3. The molecule has 7 heteroatoms. The zero-order valence-corrected chi connectivity index (χ0v) is 12.1. The van der Waals surface area contributed by atoms with E-state index in [1.807, 2.05) is 0 Å². The Morgan fingerprint density at radius 3 is 2.55 bits per heavy atom. The van der Waals surface area contributed by atoms with Crippen LogP contribution in [0.2, 0.25) is 0 Å². The van der Waals surface area contributed by atoms with Crippen LogP contribution < -0.4 is 0 Å². The van der Waals surface area contributed by atoms with Gasteiger partial charge in [0.25, 0.3) is 5.91 Å². The molecule has 1 aliphatic heterocycles. The standard InChI is InChI=1S/C15H16N4O3/c1-15(14(21)22)6-7-18(8-15)13(20)11-2-4-12(5-3-11)19-10-16-9-17-19/h2-5,9-10H,6-8H2,1H3,(H,21,22)/t15-/m1/s1. The molecule has 1 amide bonds. The number of carboxylic acid groups (broad SMARTS) is 1. The molecular formula is C15H16N4O3. The molecule has 1 saturated heterocycles. The number of benzene rings is 1. The summed E-state index contributed by atoms with van der Waals surface area (Å²) in [5.74, 6) is -1.00. The van der Waals surface area contributed by atoms with Crippen LogP contribution in [0.3, 0.4) is 0 Å². The van der Waals surface area contributed by atoms with Crippen LogP contribution in [-0.2, 0) is 4.79 Å². The molecular weight excluding hydrogens is 284 g/mol. The van der Waals surface area contributed by atoms with Crippen molar-refractivity contribution in [2.75, 3.05) is 13.1 Å². The summed E-state index contributed by atoms with van der Waals surface area (Å²) in [5.41, 5.74) is 0.500. The first-order valence-electron chi connectivity index (χ1n) is 6.97. The van der Waals surface area contributed by atoms with E-state index in [0.29, 0.717) is 18.5 Å². The van der Waals surface area contributed by atoms with E-state index in [1.54, 1.807) is 47.1 Å². The third kappa shape index (κ3) is 2.45. The van der Waals surface area contributed by atoms with Gasteiger partial charge in [-0.25, -0.2) is 9.67 Å². The fourth-order valence-corrected chi connectivity index (χ4v) is 2.59. The monoisotopic (exact) mass is 300 g/mol. The van der Waals surface area contributed by atoms with Gasteiger partial charge in [0.1, 0.15) is 12.7 Å². The molecule has 114 valence electrons. The predicted octanol–water partition coefficient (Wildman–Crippen LogP) is 1.20. The van der Waals surface area contributed by atoms with Crippen molar-refractivity contribution < 1.29 is 14.7 Å². The van der Waals surface area contributed by atoms with Crippen LogP contribution in [0.25, 0.3) is 5.69 Å². The van der Waals surface area contributed by atoms with Crippen molar-refractivity contribution in [1.29, 1.82) is 0 Å². The fourth-order valence-electron chi connectivity index (χ4n) is 2.59. The van der Waals surface area contributed by atoms with Crippen molar-refractivity contribution >= 4 is 11.9 Å². The Morgan fingerprint density at radius 2 is 2.00 bits per heavy atom. The number of likely N-dealkylation sites (tertiary alicyclic amines) is 1. The Balaban J connectivity index is 1.75. The normalized spacial score (nSPS) is 21.0. The lowest BCUT2D eigenvalue weighted by Crippen LogP contribution is -2.34. The lowest BCUT2D eigenvalue weighted by molar-refractivity contribution is -0.147. The maximum atomic E-state index is 12.5. The molecule has 2 aromatic rings. The van der Waals surface area contributed by atoms with Crippen molar-refractivity contribution in [3.05, 3.63) is 42.5 Å². The Bertz CT molecular complexity index is 696. The Kier molecular flexibility index (Phi) is 3.40. The van der Waals surface area contributed by atoms with Gasteiger partial charge in [-0.2, -0.15) is 5.10 Å². The third-order valence-corrected chi connectivity index (χ3v) is 4.07. The molecule has 0 spiro atoms. The second kappa shape index (κ2) is 5.25. The first-order valence-corrected chi connectivity index (χ1v) is 6.97. The molecule has 1 aromatic carbocycles. The molecule has 0 radical (unpaired) electrons. The molecule has 1 N–H and O–H groups in total. The van der Waals surface area contributed by atoms with E-state index < -0.39 is 11.4 Å². The highest BCUT2D eigenvalue weighted by atomic mass is 16.4. The Labute approximate surface area is 127 Å². The molecule has 2 heterocycles. The van der Waals surface area contributed by atoms with Crippen molar-refractivity contribution in [2.24, 2.45) is 5.41 Å². The van der Waals surface area contributed by atoms with Crippen molar-refractivity contribution in [1.82, 2.24) is 19.7 Å². The summed E-state index contributed by atoms with van der Waals surface area (Å²) in [7, 11) is 0. The highest BCUT2D eigenvalue weighted by Crippen LogP contribution is 2.31. The minimum Gasteiger partial charge on any atom is -0.481 e. The second-order valence-electron chi connectivity index (χ2n) is 5.73. The number of nitrogens with zero attached hydrogens (tertiary/aromatic N) is 4. The van der Waals surface area contributed by atoms with Crippen LogP contribution in [0.1, 0.15) is 23.7 Å². The molecule has 1 aliphatic rings. The number of aromatic nitrogens is 3. The maximum absolute atomic E-state index is 12.5. The fraction of sp³-hybridized carbons (Fsp3) is 0.333. The number of aliphatic carboxylic acids is 1. The van der Waals surface area contributed by atoms with E-state index in [-0.39, 0.29) is 12.5 Å². The van der Waals surface area contributed by atoms with Gasteiger partial charge in [0, 0.05) is 18.7 Å². The summed E-state index contributed by atoms with van der Waals surface area (Å²) in [5, 5.41) is 13.3. The second-order valence-corrected chi connectivity index (χ2v) is 5.73. The van der Waals surface area contributed by atoms with E-state index >= 15 is 0 Å². The molecule has 22 heavy (non-hydrogen) atoms. The summed E-state index contributed by atoms with van der Waals surface area (Å²) >= 11 is 0. The third-order valence-electron chi connectivity index (χ3n) is 4.07. The van der Waals surface area contributed by atoms with Crippen LogP contribution in [0, 0.1) is 5.41 Å². The van der Waals surface area contributed by atoms with Gasteiger partial charge in [0.2, 0.25) is 0 Å². The zero-order chi connectivity index (χ0) is 15.7. The van der Waals surface area contributed by atoms with E-state index in [4.69, 9.17) is 0 Å². The van der Waals surface area contributed by atoms with E-state index in [1.165, 1.54) is 6.33 Å². The quantitative estimate of drug-likeness (QED) is 0.920. The zero-order valence-electron chi connectivity index (χ0n) is 12.1. The molecule has 0 aliphatic carbocycles. The van der Waals surface area contributed by atoms with E-state index in [2.05, 4.69) is 10.1 Å². The van der Waals surface area contributed by atoms with Gasteiger partial charge in [-0.1, -0.05) is 0 Å². The SMILES string of the molecule is C[C@@]1(C(=O)O)CCN(C(=O)c2ccc(-n3cncn3)cc2)C1. The molecule has 0 saturated carbocycles. The smallest absolute Gasteiger partial charge is 0.311 e. The van der Waals surface area contributed by atoms with Gasteiger partial charge in [-0.05, 0) is 37.6 Å². The lowest BCUT2D eigenvalue weighted by Gasteiger charge is -2.20. The highest BCUT2D eigenvalue weighted by Gasteiger charge is 2.42. The average molecular weight is 300 g/mol. The Morgan fingerprint density at radius 1 is 1.27 bits per heavy atom. The number of carbonyl (C=O) groups is 2. The van der Waals surface area contributed by atoms with Gasteiger partial charge >= 0.3 is 5.97 Å². The molecule has 0 bridgehead atoms. The van der Waals surface area contributed by atoms with Crippen molar-refractivity contribution in [3.63, 3.8) is 0 Å². The average Bonchev–Trinajstić information content (AvgIpc) is 3.17. The lowest BCUT2D eigenvalue weighted by atomic mass is 9.90. The molecule has 1 atom stereocenters. The van der Waals surface area contributed by atoms with Crippen molar-refractivity contribution in [2.45, 2.75) is 13.3 Å². The summed E-state index contributed by atoms with van der Waals surface area (Å²) < 4.78 is 1.60. The molecule has 0 unspecified atom stereocenters. The van der Waals surface area contributed by atoms with E-state index in [0.717, 1.165) is 5.69 Å². The number of hydrogen-bond acceptors (Lipinski definition) is 4. The van der Waals surface area contributed by atoms with Crippen LogP contribution in [-0.4, -0.2) is 49.7 Å². The predicted molar refractivity (Wildman–Crippen MR) is 77.6 cm³/mol. The Hall–Kier alpha value is -2.70. The van der Waals surface area contributed by atoms with Gasteiger partial charge in [0.05, 0.1) is 11.1 Å². The first kappa shape index (κ1) is 14.2. The summed E-state index contributed by atoms with van der Waals surface area (Å²) in [6, 6.07) is 7.01. The number of carbonyl (C=O) groups excluding carboxylic acids is 1. The van der Waals surface area contributed by atoms with Crippen molar-refractivity contribution in [3.8, 4) is 5.69 Å². The summed E-state index contributed by atoms with van der Waals surface area (Å²) in [6.07, 6.45) is 3.50. The molecule has 3 rings (SSSR count). The van der Waals surface area contributed by atoms with E-state index in [9.17, 15) is 14.7 Å². The maximum Gasteiger partial charge on any atom is 0.311 e. The summed E-state index contributed by atoms with van der Waals surface area (Å²) in [4.78, 5) is 29.2. The molecule has 7 nitrogen and oxygen atoms in total. The van der Waals surface area contributed by atoms with Gasteiger partial charge in [0.15, 0.2) is 0 Å². The van der Waals surface area contributed by atoms with Crippen LogP contribution in [0.5, 0.6) is 0 Å². The number of amides is 1. The van der Waals surface area contributed by atoms with Gasteiger partial charge < -0.3 is 10.0 Å². The topological polar surface area (TPSA) is 88.3 Å². The number of hydrogen-bond donors (Lipinski definition) is 1. The minimum absolute atomic E-state index is 0.143. The highest BCUT2D eigenvalue weighted by molar-refractivity contribution is 5.95. The number of carboxylic acids is 1. The van der Waals surface area contributed by atoms with Crippen LogP contribution >= 0.6 is 0 Å². The van der Waals surface area contributed by atoms with Gasteiger partial charge in [-0.3, -0.25) is 9.59 Å². The first-order chi connectivity index (χ1) is 10.5. The van der Waals surface area contributed by atoms with Crippen LogP contribution in [0.15, 0.2) is 36.9 Å². The molecule has 1 fully saturated rings. The minimum atomic E-state index is -0.857. The van der Waals surface area contributed by atoms with Crippen LogP contribution in [0.4, 0.5) is 0 Å². The summed E-state index contributed by atoms with van der Waals surface area (Å²) in [6.45, 7) is 2.38. The van der Waals surface area contributed by atoms with Gasteiger partial charge in [-0.15, -0.1) is 0 Å². The largest absolute Gasteiger partial charge is 0.481 e. The molecule has 1 aromatic heterocycles.